The molecule has 1 fully saturated rings. The van der Waals surface area contributed by atoms with E-state index < -0.39 is 0 Å². The summed E-state index contributed by atoms with van der Waals surface area (Å²) in [7, 11) is 0. The van der Waals surface area contributed by atoms with Gasteiger partial charge in [0.15, 0.2) is 0 Å². The van der Waals surface area contributed by atoms with E-state index in [2.05, 4.69) is 24.1 Å². The maximum absolute atomic E-state index is 13.5. The minimum absolute atomic E-state index is 0.0291. The van der Waals surface area contributed by atoms with Crippen molar-refractivity contribution in [1.82, 2.24) is 15.2 Å². The van der Waals surface area contributed by atoms with Crippen LogP contribution < -0.4 is 10.1 Å². The number of nitrogens with zero attached hydrogens (tertiary/aromatic N) is 2. The Morgan fingerprint density at radius 1 is 1.31 bits per heavy atom. The third-order valence-electron chi connectivity index (χ3n) is 5.25. The highest BCUT2D eigenvalue weighted by molar-refractivity contribution is 5.97. The van der Waals surface area contributed by atoms with Crippen LogP contribution in [0.1, 0.15) is 50.5 Å². The highest BCUT2D eigenvalue weighted by atomic mass is 16.5. The van der Waals surface area contributed by atoms with Crippen LogP contribution in [0.25, 0.3) is 10.9 Å². The van der Waals surface area contributed by atoms with Gasteiger partial charge in [-0.05, 0) is 52.3 Å². The fraction of sp³-hybridized carbons (Fsp3) is 0.565. The summed E-state index contributed by atoms with van der Waals surface area (Å²) in [5.41, 5.74) is 1.23. The van der Waals surface area contributed by atoms with Crippen molar-refractivity contribution in [3.63, 3.8) is 0 Å². The number of ether oxygens (including phenoxy) is 2. The zero-order valence-corrected chi connectivity index (χ0v) is 17.8. The first kappa shape index (κ1) is 21.5. The standard InChI is InChI=1S/C23H33N3O3/c1-4-28-13-8-14-29-22-15-21(25-20-11-6-5-10-19(20)22)23(27)26(17(2)3)18-9-7-12-24-16-18/h5-6,10-11,15,17-18,24H,4,7-9,12-14,16H2,1-3H3/t18-/m1/s1. The highest BCUT2D eigenvalue weighted by Gasteiger charge is 2.29. The third-order valence-corrected chi connectivity index (χ3v) is 5.25. The number of pyridine rings is 1. The van der Waals surface area contributed by atoms with Gasteiger partial charge in [0, 0.05) is 49.7 Å². The summed E-state index contributed by atoms with van der Waals surface area (Å²) in [6, 6.07) is 9.93. The number of carbonyl (C=O) groups excluding carboxylic acids is 1. The Morgan fingerprint density at radius 3 is 2.86 bits per heavy atom. The Morgan fingerprint density at radius 2 is 2.14 bits per heavy atom. The summed E-state index contributed by atoms with van der Waals surface area (Å²) in [6.45, 7) is 9.89. The third kappa shape index (κ3) is 5.46. The second kappa shape index (κ2) is 10.6. The Labute approximate surface area is 173 Å². The van der Waals surface area contributed by atoms with E-state index in [9.17, 15) is 4.79 Å². The zero-order valence-electron chi connectivity index (χ0n) is 17.8. The molecule has 0 spiro atoms. The van der Waals surface area contributed by atoms with E-state index in [4.69, 9.17) is 9.47 Å². The molecule has 6 nitrogen and oxygen atoms in total. The maximum Gasteiger partial charge on any atom is 0.273 e. The average molecular weight is 400 g/mol. The van der Waals surface area contributed by atoms with E-state index >= 15 is 0 Å². The molecule has 29 heavy (non-hydrogen) atoms. The van der Waals surface area contributed by atoms with Gasteiger partial charge < -0.3 is 19.7 Å². The van der Waals surface area contributed by atoms with E-state index in [1.807, 2.05) is 36.1 Å². The number of carbonyl (C=O) groups is 1. The van der Waals surface area contributed by atoms with Gasteiger partial charge >= 0.3 is 0 Å². The smallest absolute Gasteiger partial charge is 0.273 e. The lowest BCUT2D eigenvalue weighted by Crippen LogP contribution is -2.51. The molecule has 0 bridgehead atoms. The number of piperidine rings is 1. The fourth-order valence-corrected chi connectivity index (χ4v) is 3.88. The van der Waals surface area contributed by atoms with E-state index in [1.165, 1.54) is 0 Å². The number of nitrogens with one attached hydrogen (secondary N) is 1. The fourth-order valence-electron chi connectivity index (χ4n) is 3.88. The molecule has 1 atom stereocenters. The molecule has 1 aliphatic rings. The van der Waals surface area contributed by atoms with Gasteiger partial charge in [0.2, 0.25) is 0 Å². The first-order valence-electron chi connectivity index (χ1n) is 10.8. The Bertz CT molecular complexity index is 803. The van der Waals surface area contributed by atoms with Crippen molar-refractivity contribution in [2.75, 3.05) is 32.9 Å². The van der Waals surface area contributed by atoms with Crippen LogP contribution in [0, 0.1) is 0 Å². The van der Waals surface area contributed by atoms with Crippen LogP contribution in [0.2, 0.25) is 0 Å². The van der Waals surface area contributed by atoms with Gasteiger partial charge in [-0.2, -0.15) is 0 Å². The lowest BCUT2D eigenvalue weighted by molar-refractivity contribution is 0.0567. The zero-order chi connectivity index (χ0) is 20.6. The number of amides is 1. The predicted octanol–water partition coefficient (Wildman–Crippen LogP) is 3.64. The lowest BCUT2D eigenvalue weighted by atomic mass is 10.0. The Balaban J connectivity index is 1.86. The molecule has 0 radical (unpaired) electrons. The first-order valence-corrected chi connectivity index (χ1v) is 10.8. The summed E-state index contributed by atoms with van der Waals surface area (Å²) in [6.07, 6.45) is 2.91. The summed E-state index contributed by atoms with van der Waals surface area (Å²) in [4.78, 5) is 20.1. The number of hydrogen-bond donors (Lipinski definition) is 1. The number of aromatic nitrogens is 1. The van der Waals surface area contributed by atoms with Gasteiger partial charge in [-0.3, -0.25) is 4.79 Å². The Hall–Kier alpha value is -2.18. The lowest BCUT2D eigenvalue weighted by Gasteiger charge is -2.37. The molecule has 1 amide bonds. The van der Waals surface area contributed by atoms with Crippen LogP contribution >= 0.6 is 0 Å². The quantitative estimate of drug-likeness (QED) is 0.652. The molecule has 3 rings (SSSR count). The summed E-state index contributed by atoms with van der Waals surface area (Å²) < 4.78 is 11.4. The van der Waals surface area contributed by atoms with Crippen LogP contribution in [0.4, 0.5) is 0 Å². The largest absolute Gasteiger partial charge is 0.493 e. The van der Waals surface area contributed by atoms with Gasteiger partial charge in [-0.25, -0.2) is 4.98 Å². The molecule has 1 aliphatic heterocycles. The van der Waals surface area contributed by atoms with Crippen molar-refractivity contribution in [3.8, 4) is 5.75 Å². The van der Waals surface area contributed by atoms with Gasteiger partial charge in [0.05, 0.1) is 12.1 Å². The predicted molar refractivity (Wildman–Crippen MR) is 116 cm³/mol. The van der Waals surface area contributed by atoms with Crippen molar-refractivity contribution in [1.29, 1.82) is 0 Å². The average Bonchev–Trinajstić information content (AvgIpc) is 2.74. The molecule has 2 heterocycles. The van der Waals surface area contributed by atoms with E-state index in [0.717, 1.165) is 43.3 Å². The number of fused-ring (bicyclic) bond motifs is 1. The van der Waals surface area contributed by atoms with Gasteiger partial charge in [-0.15, -0.1) is 0 Å². The topological polar surface area (TPSA) is 63.7 Å². The normalized spacial score (nSPS) is 16.9. The SMILES string of the molecule is CCOCCCOc1cc(C(=O)N(C(C)C)[C@@H]2CCCNC2)nc2ccccc12. The molecule has 6 heteroatoms. The monoisotopic (exact) mass is 399 g/mol. The second-order valence-corrected chi connectivity index (χ2v) is 7.73. The van der Waals surface area contributed by atoms with Crippen LogP contribution in [0.5, 0.6) is 5.75 Å². The van der Waals surface area contributed by atoms with Crippen molar-refractivity contribution < 1.29 is 14.3 Å². The minimum Gasteiger partial charge on any atom is -0.493 e. The molecular formula is C23H33N3O3. The number of benzene rings is 1. The summed E-state index contributed by atoms with van der Waals surface area (Å²) in [5, 5.41) is 4.34. The van der Waals surface area contributed by atoms with Crippen LogP contribution in [0.15, 0.2) is 30.3 Å². The Kier molecular flexibility index (Phi) is 7.83. The van der Waals surface area contributed by atoms with E-state index in [-0.39, 0.29) is 18.0 Å². The molecule has 0 aliphatic carbocycles. The van der Waals surface area contributed by atoms with Crippen LogP contribution in [-0.2, 0) is 4.74 Å². The number of rotatable bonds is 9. The van der Waals surface area contributed by atoms with Crippen LogP contribution in [0.3, 0.4) is 0 Å². The molecule has 0 unspecified atom stereocenters. The highest BCUT2D eigenvalue weighted by Crippen LogP contribution is 2.27. The first-order chi connectivity index (χ1) is 14.1. The molecule has 1 N–H and O–H groups in total. The maximum atomic E-state index is 13.5. The molecular weight excluding hydrogens is 366 g/mol. The molecule has 0 saturated carbocycles. The van der Waals surface area contributed by atoms with Gasteiger partial charge in [-0.1, -0.05) is 12.1 Å². The van der Waals surface area contributed by atoms with Crippen molar-refractivity contribution in [2.24, 2.45) is 0 Å². The van der Waals surface area contributed by atoms with Crippen LogP contribution in [-0.4, -0.2) is 60.8 Å². The summed E-state index contributed by atoms with van der Waals surface area (Å²) >= 11 is 0. The van der Waals surface area contributed by atoms with Crippen molar-refractivity contribution >= 4 is 16.8 Å². The molecule has 2 aromatic rings. The second-order valence-electron chi connectivity index (χ2n) is 7.73. The van der Waals surface area contributed by atoms with E-state index in [0.29, 0.717) is 31.3 Å². The van der Waals surface area contributed by atoms with Crippen molar-refractivity contribution in [2.45, 2.75) is 52.1 Å². The molecule has 158 valence electrons. The molecule has 1 aromatic heterocycles. The minimum atomic E-state index is -0.0291. The summed E-state index contributed by atoms with van der Waals surface area (Å²) in [5.74, 6) is 0.680. The van der Waals surface area contributed by atoms with Gasteiger partial charge in [0.1, 0.15) is 11.4 Å². The molecule has 1 aromatic carbocycles. The van der Waals surface area contributed by atoms with Crippen molar-refractivity contribution in [3.05, 3.63) is 36.0 Å². The van der Waals surface area contributed by atoms with E-state index in [1.54, 1.807) is 6.07 Å². The molecule has 1 saturated heterocycles. The van der Waals surface area contributed by atoms with Gasteiger partial charge in [0.25, 0.3) is 5.91 Å². The number of para-hydroxylation sites is 1. The number of hydrogen-bond acceptors (Lipinski definition) is 5.